The summed E-state index contributed by atoms with van der Waals surface area (Å²) in [6.45, 7) is 5.87. The quantitative estimate of drug-likeness (QED) is 0.498. The van der Waals surface area contributed by atoms with Gasteiger partial charge in [0.25, 0.3) is 0 Å². The fourth-order valence-corrected chi connectivity index (χ4v) is 1.70. The highest BCUT2D eigenvalue weighted by Gasteiger charge is 2.30. The minimum absolute atomic E-state index is 0.0545. The Bertz CT molecular complexity index is 370. The summed E-state index contributed by atoms with van der Waals surface area (Å²) in [7, 11) is 0. The third-order valence-electron chi connectivity index (χ3n) is 2.51. The molecule has 0 aliphatic carbocycles. The molecular weight excluding hydrogens is 246 g/mol. The number of rotatable bonds is 8. The van der Waals surface area contributed by atoms with Crippen LogP contribution in [0.15, 0.2) is 12.2 Å². The van der Waals surface area contributed by atoms with Crippen LogP contribution in [0, 0.1) is 16.7 Å². The number of nitriles is 1. The maximum absolute atomic E-state index is 11.5. The zero-order valence-electron chi connectivity index (χ0n) is 11.8. The summed E-state index contributed by atoms with van der Waals surface area (Å²) in [5, 5.41) is 9.31. The standard InChI is InChI=1S/C14H21NO4/c1-4-8-14(11-15,10-13(17)19-6-3)9-7-12(16)18-5-2/h7,9H,4-6,8,10H2,1-3H3/b9-7+/t14-/m0/s1. The molecule has 0 aliphatic rings. The van der Waals surface area contributed by atoms with Gasteiger partial charge in [-0.25, -0.2) is 4.79 Å². The molecule has 5 heteroatoms. The molecule has 1 atom stereocenters. The van der Waals surface area contributed by atoms with Gasteiger partial charge < -0.3 is 9.47 Å². The van der Waals surface area contributed by atoms with E-state index < -0.39 is 17.4 Å². The first-order chi connectivity index (χ1) is 9.03. The van der Waals surface area contributed by atoms with Crippen molar-refractivity contribution in [1.29, 1.82) is 5.26 Å². The molecule has 0 heterocycles. The Morgan fingerprint density at radius 1 is 1.21 bits per heavy atom. The number of hydrogen-bond acceptors (Lipinski definition) is 5. The van der Waals surface area contributed by atoms with Crippen LogP contribution >= 0.6 is 0 Å². The lowest BCUT2D eigenvalue weighted by molar-refractivity contribution is -0.144. The highest BCUT2D eigenvalue weighted by Crippen LogP contribution is 2.30. The van der Waals surface area contributed by atoms with Gasteiger partial charge in [0.1, 0.15) is 0 Å². The van der Waals surface area contributed by atoms with Crippen molar-refractivity contribution in [3.63, 3.8) is 0 Å². The van der Waals surface area contributed by atoms with Gasteiger partial charge in [-0.05, 0) is 20.3 Å². The lowest BCUT2D eigenvalue weighted by Gasteiger charge is -2.20. The summed E-state index contributed by atoms with van der Waals surface area (Å²) in [6.07, 6.45) is 3.81. The Kier molecular flexibility index (Phi) is 8.27. The third-order valence-corrected chi connectivity index (χ3v) is 2.51. The molecule has 0 amide bonds. The number of nitrogens with zero attached hydrogens (tertiary/aromatic N) is 1. The molecule has 106 valence electrons. The number of ether oxygens (including phenoxy) is 2. The van der Waals surface area contributed by atoms with Crippen LogP contribution in [0.25, 0.3) is 0 Å². The van der Waals surface area contributed by atoms with Crippen molar-refractivity contribution in [2.24, 2.45) is 5.41 Å². The van der Waals surface area contributed by atoms with Gasteiger partial charge in [0.15, 0.2) is 0 Å². The van der Waals surface area contributed by atoms with Crippen LogP contribution in [0.4, 0.5) is 0 Å². The molecule has 0 N–H and O–H groups in total. The van der Waals surface area contributed by atoms with Gasteiger partial charge >= 0.3 is 11.9 Å². The smallest absolute Gasteiger partial charge is 0.330 e. The van der Waals surface area contributed by atoms with E-state index >= 15 is 0 Å². The van der Waals surface area contributed by atoms with Gasteiger partial charge in [-0.3, -0.25) is 4.79 Å². The number of allylic oxidation sites excluding steroid dienone is 1. The van der Waals surface area contributed by atoms with Crippen LogP contribution < -0.4 is 0 Å². The van der Waals surface area contributed by atoms with Crippen LogP contribution in [-0.2, 0) is 19.1 Å². The highest BCUT2D eigenvalue weighted by molar-refractivity contribution is 5.82. The van der Waals surface area contributed by atoms with E-state index in [1.54, 1.807) is 13.8 Å². The minimum atomic E-state index is -1.01. The van der Waals surface area contributed by atoms with E-state index in [2.05, 4.69) is 6.07 Å². The van der Waals surface area contributed by atoms with Gasteiger partial charge in [0.2, 0.25) is 0 Å². The number of carbonyl (C=O) groups is 2. The Labute approximate surface area is 114 Å². The van der Waals surface area contributed by atoms with Gasteiger partial charge in [-0.1, -0.05) is 19.4 Å². The second-order valence-corrected chi connectivity index (χ2v) is 4.09. The number of esters is 2. The molecule has 0 fully saturated rings. The fourth-order valence-electron chi connectivity index (χ4n) is 1.70. The number of carbonyl (C=O) groups excluding carboxylic acids is 2. The molecular formula is C14H21NO4. The van der Waals surface area contributed by atoms with E-state index in [9.17, 15) is 14.9 Å². The van der Waals surface area contributed by atoms with Gasteiger partial charge in [-0.15, -0.1) is 0 Å². The maximum atomic E-state index is 11.5. The zero-order chi connectivity index (χ0) is 14.7. The fraction of sp³-hybridized carbons (Fsp3) is 0.643. The summed E-state index contributed by atoms with van der Waals surface area (Å²) in [6, 6.07) is 2.11. The third kappa shape index (κ3) is 6.61. The maximum Gasteiger partial charge on any atom is 0.330 e. The predicted octanol–water partition coefficient (Wildman–Crippen LogP) is 2.37. The Hall–Kier alpha value is -1.83. The second kappa shape index (κ2) is 9.15. The normalized spacial score (nSPS) is 13.6. The first-order valence-electron chi connectivity index (χ1n) is 6.46. The minimum Gasteiger partial charge on any atom is -0.466 e. The molecule has 0 spiro atoms. The summed E-state index contributed by atoms with van der Waals surface area (Å²) >= 11 is 0. The van der Waals surface area contributed by atoms with Crippen molar-refractivity contribution in [3.8, 4) is 6.07 Å². The van der Waals surface area contributed by atoms with E-state index in [1.165, 1.54) is 12.2 Å². The van der Waals surface area contributed by atoms with E-state index in [4.69, 9.17) is 9.47 Å². The SMILES string of the molecule is CCC[C@](C#N)(/C=C/C(=O)OCC)CC(=O)OCC. The van der Waals surface area contributed by atoms with Crippen molar-refractivity contribution in [1.82, 2.24) is 0 Å². The zero-order valence-corrected chi connectivity index (χ0v) is 11.8. The largest absolute Gasteiger partial charge is 0.466 e. The Morgan fingerprint density at radius 2 is 1.84 bits per heavy atom. The molecule has 0 unspecified atom stereocenters. The molecule has 0 rings (SSSR count). The topological polar surface area (TPSA) is 76.4 Å². The molecule has 0 saturated heterocycles. The lowest BCUT2D eigenvalue weighted by atomic mass is 9.81. The van der Waals surface area contributed by atoms with Gasteiger partial charge in [0, 0.05) is 6.08 Å². The average Bonchev–Trinajstić information content (AvgIpc) is 2.37. The molecule has 0 aromatic rings. The van der Waals surface area contributed by atoms with Crippen LogP contribution in [0.1, 0.15) is 40.0 Å². The monoisotopic (exact) mass is 267 g/mol. The van der Waals surface area contributed by atoms with Crippen LogP contribution in [0.3, 0.4) is 0 Å². The molecule has 5 nitrogen and oxygen atoms in total. The average molecular weight is 267 g/mol. The summed E-state index contributed by atoms with van der Waals surface area (Å²) in [4.78, 5) is 22.8. The molecule has 0 bridgehead atoms. The highest BCUT2D eigenvalue weighted by atomic mass is 16.5. The number of hydrogen-bond donors (Lipinski definition) is 0. The van der Waals surface area contributed by atoms with Gasteiger partial charge in [0.05, 0.1) is 31.1 Å². The van der Waals surface area contributed by atoms with Gasteiger partial charge in [-0.2, -0.15) is 5.26 Å². The summed E-state index contributed by atoms with van der Waals surface area (Å²) < 4.78 is 9.62. The Morgan fingerprint density at radius 3 is 2.32 bits per heavy atom. The van der Waals surface area contributed by atoms with E-state index in [1.807, 2.05) is 6.92 Å². The van der Waals surface area contributed by atoms with Crippen molar-refractivity contribution >= 4 is 11.9 Å². The molecule has 0 aliphatic heterocycles. The molecule has 0 saturated carbocycles. The van der Waals surface area contributed by atoms with E-state index in [0.717, 1.165) is 6.42 Å². The summed E-state index contributed by atoms with van der Waals surface area (Å²) in [5.74, 6) is -0.951. The van der Waals surface area contributed by atoms with E-state index in [-0.39, 0.29) is 19.6 Å². The Balaban J connectivity index is 4.91. The molecule has 0 radical (unpaired) electrons. The first-order valence-corrected chi connectivity index (χ1v) is 6.46. The first kappa shape index (κ1) is 17.2. The van der Waals surface area contributed by atoms with E-state index in [0.29, 0.717) is 6.42 Å². The second-order valence-electron chi connectivity index (χ2n) is 4.09. The molecule has 19 heavy (non-hydrogen) atoms. The van der Waals surface area contributed by atoms with Crippen LogP contribution in [0.5, 0.6) is 0 Å². The van der Waals surface area contributed by atoms with Crippen molar-refractivity contribution in [2.45, 2.75) is 40.0 Å². The van der Waals surface area contributed by atoms with Crippen molar-refractivity contribution in [2.75, 3.05) is 13.2 Å². The van der Waals surface area contributed by atoms with Crippen LogP contribution in [-0.4, -0.2) is 25.2 Å². The predicted molar refractivity (Wildman–Crippen MR) is 70.0 cm³/mol. The van der Waals surface area contributed by atoms with Crippen molar-refractivity contribution in [3.05, 3.63) is 12.2 Å². The van der Waals surface area contributed by atoms with Crippen LogP contribution in [0.2, 0.25) is 0 Å². The molecule has 0 aromatic heterocycles. The summed E-state index contributed by atoms with van der Waals surface area (Å²) in [5.41, 5.74) is -1.01. The van der Waals surface area contributed by atoms with Crippen molar-refractivity contribution < 1.29 is 19.1 Å². The molecule has 0 aromatic carbocycles. The lowest BCUT2D eigenvalue weighted by Crippen LogP contribution is -2.22.